The van der Waals surface area contributed by atoms with Gasteiger partial charge in [0.05, 0.1) is 15.6 Å². The maximum absolute atomic E-state index is 12.9. The van der Waals surface area contributed by atoms with Gasteiger partial charge in [-0.2, -0.15) is 4.72 Å². The van der Waals surface area contributed by atoms with E-state index in [9.17, 15) is 13.2 Å². The molecule has 0 aliphatic heterocycles. The molecule has 0 aromatic heterocycles. The van der Waals surface area contributed by atoms with Crippen LogP contribution in [0.4, 0.5) is 5.69 Å². The van der Waals surface area contributed by atoms with Crippen LogP contribution in [0.2, 0.25) is 10.0 Å². The third-order valence-electron chi connectivity index (χ3n) is 4.14. The van der Waals surface area contributed by atoms with E-state index in [1.165, 1.54) is 18.2 Å². The Morgan fingerprint density at radius 1 is 0.897 bits per heavy atom. The number of anilines is 1. The van der Waals surface area contributed by atoms with E-state index in [0.29, 0.717) is 15.7 Å². The largest absolute Gasteiger partial charge is 0.323 e. The summed E-state index contributed by atoms with van der Waals surface area (Å²) in [6.07, 6.45) is 0.164. The highest BCUT2D eigenvalue weighted by Gasteiger charge is 2.26. The summed E-state index contributed by atoms with van der Waals surface area (Å²) in [5.41, 5.74) is 1.11. The molecular weight excluding hydrogens is 431 g/mol. The molecule has 0 spiro atoms. The van der Waals surface area contributed by atoms with E-state index in [0.717, 1.165) is 5.56 Å². The quantitative estimate of drug-likeness (QED) is 0.557. The molecule has 29 heavy (non-hydrogen) atoms. The molecule has 0 fully saturated rings. The maximum atomic E-state index is 12.9. The minimum absolute atomic E-state index is 0.0756. The van der Waals surface area contributed by atoms with Gasteiger partial charge in [-0.05, 0) is 42.3 Å². The van der Waals surface area contributed by atoms with Crippen molar-refractivity contribution in [1.29, 1.82) is 0 Å². The Labute approximate surface area is 179 Å². The van der Waals surface area contributed by atoms with Gasteiger partial charge in [0.2, 0.25) is 15.9 Å². The molecule has 8 heteroatoms. The Hall–Kier alpha value is -2.38. The highest BCUT2D eigenvalue weighted by Crippen LogP contribution is 2.25. The predicted octanol–water partition coefficient (Wildman–Crippen LogP) is 4.52. The Morgan fingerprint density at radius 3 is 2.17 bits per heavy atom. The molecule has 2 N–H and O–H groups in total. The molecule has 0 saturated heterocycles. The Kier molecular flexibility index (Phi) is 6.92. The number of rotatable bonds is 7. The summed E-state index contributed by atoms with van der Waals surface area (Å²) in [6, 6.07) is 20.6. The lowest BCUT2D eigenvalue weighted by molar-refractivity contribution is -0.117. The van der Waals surface area contributed by atoms with Crippen molar-refractivity contribution in [2.24, 2.45) is 0 Å². The highest BCUT2D eigenvalue weighted by molar-refractivity contribution is 7.89. The lowest BCUT2D eigenvalue weighted by Crippen LogP contribution is -2.45. The Balaban J connectivity index is 1.88. The van der Waals surface area contributed by atoms with Gasteiger partial charge < -0.3 is 5.32 Å². The molecular formula is C21H18Cl2N2O3S. The van der Waals surface area contributed by atoms with Crippen molar-refractivity contribution in [1.82, 2.24) is 4.72 Å². The summed E-state index contributed by atoms with van der Waals surface area (Å²) in [5.74, 6) is -0.544. The maximum Gasteiger partial charge on any atom is 0.242 e. The van der Waals surface area contributed by atoms with Crippen LogP contribution in [-0.4, -0.2) is 20.4 Å². The number of halogens is 2. The zero-order valence-electron chi connectivity index (χ0n) is 15.2. The first-order valence-electron chi connectivity index (χ1n) is 8.72. The third-order valence-corrected chi connectivity index (χ3v) is 6.19. The summed E-state index contributed by atoms with van der Waals surface area (Å²) in [5, 5.41) is 3.36. The van der Waals surface area contributed by atoms with Crippen LogP contribution in [0.15, 0.2) is 83.8 Å². The molecule has 0 unspecified atom stereocenters. The van der Waals surface area contributed by atoms with Crippen molar-refractivity contribution in [3.63, 3.8) is 0 Å². The second-order valence-corrected chi connectivity index (χ2v) is 8.85. The number of hydrogen-bond donors (Lipinski definition) is 2. The second-order valence-electron chi connectivity index (χ2n) is 6.29. The second kappa shape index (κ2) is 9.41. The van der Waals surface area contributed by atoms with E-state index in [4.69, 9.17) is 23.2 Å². The molecule has 0 bridgehead atoms. The van der Waals surface area contributed by atoms with E-state index in [1.807, 2.05) is 30.3 Å². The fourth-order valence-electron chi connectivity index (χ4n) is 2.71. The number of amides is 1. The molecule has 0 heterocycles. The number of benzene rings is 3. The van der Waals surface area contributed by atoms with Gasteiger partial charge >= 0.3 is 0 Å². The van der Waals surface area contributed by atoms with Gasteiger partial charge in [0.25, 0.3) is 0 Å². The fourth-order valence-corrected chi connectivity index (χ4v) is 4.26. The van der Waals surface area contributed by atoms with Crippen molar-refractivity contribution >= 4 is 44.8 Å². The van der Waals surface area contributed by atoms with E-state index in [1.54, 1.807) is 30.3 Å². The molecule has 0 aliphatic rings. The molecule has 0 saturated carbocycles. The van der Waals surface area contributed by atoms with E-state index in [-0.39, 0.29) is 11.3 Å². The van der Waals surface area contributed by atoms with E-state index < -0.39 is 22.0 Å². The third kappa shape index (κ3) is 5.81. The van der Waals surface area contributed by atoms with Gasteiger partial charge in [0, 0.05) is 5.02 Å². The lowest BCUT2D eigenvalue weighted by Gasteiger charge is -2.19. The normalized spacial score (nSPS) is 12.3. The first kappa shape index (κ1) is 21.3. The van der Waals surface area contributed by atoms with Crippen LogP contribution in [0.5, 0.6) is 0 Å². The molecule has 3 rings (SSSR count). The van der Waals surface area contributed by atoms with Crippen LogP contribution in [-0.2, 0) is 21.2 Å². The summed E-state index contributed by atoms with van der Waals surface area (Å²) in [6.45, 7) is 0. The Morgan fingerprint density at radius 2 is 1.52 bits per heavy atom. The van der Waals surface area contributed by atoms with Gasteiger partial charge in [0.15, 0.2) is 0 Å². The molecule has 0 radical (unpaired) electrons. The van der Waals surface area contributed by atoms with Crippen LogP contribution in [0.25, 0.3) is 0 Å². The number of hydrogen-bond acceptors (Lipinski definition) is 3. The first-order valence-corrected chi connectivity index (χ1v) is 11.0. The molecule has 3 aromatic carbocycles. The van der Waals surface area contributed by atoms with Gasteiger partial charge in [-0.25, -0.2) is 8.42 Å². The minimum atomic E-state index is -3.91. The standard InChI is InChI=1S/C21H18Cl2N2O3S/c22-16-11-12-18(23)19(14-16)24-21(26)20(13-15-7-3-1-4-8-15)25-29(27,28)17-9-5-2-6-10-17/h1-12,14,20,25H,13H2,(H,24,26)/t20-/m1/s1. The minimum Gasteiger partial charge on any atom is -0.323 e. The number of carbonyl (C=O) groups is 1. The monoisotopic (exact) mass is 448 g/mol. The average Bonchev–Trinajstić information content (AvgIpc) is 2.71. The summed E-state index contributed by atoms with van der Waals surface area (Å²) >= 11 is 12.1. The van der Waals surface area contributed by atoms with Crippen molar-refractivity contribution in [2.75, 3.05) is 5.32 Å². The summed E-state index contributed by atoms with van der Waals surface area (Å²) < 4.78 is 28.0. The van der Waals surface area contributed by atoms with Crippen LogP contribution >= 0.6 is 23.2 Å². The van der Waals surface area contributed by atoms with Crippen molar-refractivity contribution in [3.05, 3.63) is 94.5 Å². The van der Waals surface area contributed by atoms with Gasteiger partial charge in [-0.3, -0.25) is 4.79 Å². The molecule has 150 valence electrons. The molecule has 3 aromatic rings. The highest BCUT2D eigenvalue weighted by atomic mass is 35.5. The van der Waals surface area contributed by atoms with Crippen molar-refractivity contribution in [3.8, 4) is 0 Å². The van der Waals surface area contributed by atoms with Crippen LogP contribution < -0.4 is 10.0 Å². The summed E-state index contributed by atoms with van der Waals surface area (Å²) in [7, 11) is -3.91. The molecule has 0 aliphatic carbocycles. The SMILES string of the molecule is O=C(Nc1cc(Cl)ccc1Cl)[C@@H](Cc1ccccc1)NS(=O)(=O)c1ccccc1. The zero-order chi connectivity index (χ0) is 20.9. The van der Waals surface area contributed by atoms with Gasteiger partial charge in [0.1, 0.15) is 6.04 Å². The molecule has 1 amide bonds. The number of sulfonamides is 1. The van der Waals surface area contributed by atoms with Crippen LogP contribution in [0.3, 0.4) is 0 Å². The molecule has 5 nitrogen and oxygen atoms in total. The smallest absolute Gasteiger partial charge is 0.242 e. The number of carbonyl (C=O) groups excluding carboxylic acids is 1. The van der Waals surface area contributed by atoms with Crippen LogP contribution in [0, 0.1) is 0 Å². The number of nitrogens with one attached hydrogen (secondary N) is 2. The average molecular weight is 449 g/mol. The zero-order valence-corrected chi connectivity index (χ0v) is 17.5. The van der Waals surface area contributed by atoms with Crippen molar-refractivity contribution in [2.45, 2.75) is 17.4 Å². The van der Waals surface area contributed by atoms with E-state index in [2.05, 4.69) is 10.0 Å². The Bertz CT molecular complexity index is 1090. The van der Waals surface area contributed by atoms with Gasteiger partial charge in [-0.1, -0.05) is 71.7 Å². The van der Waals surface area contributed by atoms with Crippen LogP contribution in [0.1, 0.15) is 5.56 Å². The molecule has 1 atom stereocenters. The topological polar surface area (TPSA) is 75.3 Å². The fraction of sp³-hybridized carbons (Fsp3) is 0.0952. The lowest BCUT2D eigenvalue weighted by atomic mass is 10.1. The van der Waals surface area contributed by atoms with Crippen molar-refractivity contribution < 1.29 is 13.2 Å². The van der Waals surface area contributed by atoms with Gasteiger partial charge in [-0.15, -0.1) is 0 Å². The predicted molar refractivity (Wildman–Crippen MR) is 116 cm³/mol. The summed E-state index contributed by atoms with van der Waals surface area (Å²) in [4.78, 5) is 13.0. The van der Waals surface area contributed by atoms with E-state index >= 15 is 0 Å². The first-order chi connectivity index (χ1) is 13.8.